The summed E-state index contributed by atoms with van der Waals surface area (Å²) in [4.78, 5) is 0.268. The maximum Gasteiger partial charge on any atom is 0.267 e. The first-order valence-electron chi connectivity index (χ1n) is 4.33. The van der Waals surface area contributed by atoms with E-state index in [4.69, 9.17) is 12.2 Å². The third-order valence-corrected chi connectivity index (χ3v) is 4.61. The fourth-order valence-corrected chi connectivity index (χ4v) is 3.01. The van der Waals surface area contributed by atoms with E-state index in [1.54, 1.807) is 18.2 Å². The van der Waals surface area contributed by atoms with Gasteiger partial charge in [-0.3, -0.25) is 0 Å². The quantitative estimate of drug-likeness (QED) is 0.697. The van der Waals surface area contributed by atoms with E-state index in [0.717, 1.165) is 9.87 Å². The lowest BCUT2D eigenvalue weighted by Crippen LogP contribution is -2.40. The summed E-state index contributed by atoms with van der Waals surface area (Å²) in [6, 6.07) is 5.12. The molecule has 0 bridgehead atoms. The predicted molar refractivity (Wildman–Crippen MR) is 62.3 cm³/mol. The second-order valence-electron chi connectivity index (χ2n) is 3.40. The van der Waals surface area contributed by atoms with Crippen LogP contribution in [0, 0.1) is 6.92 Å². The maximum absolute atomic E-state index is 11.9. The molecular formula is C9H10N2O2S2. The van der Waals surface area contributed by atoms with Crippen LogP contribution in [0.25, 0.3) is 0 Å². The Balaban J connectivity index is 2.72. The van der Waals surface area contributed by atoms with Crippen molar-refractivity contribution < 1.29 is 8.42 Å². The number of benzene rings is 1. The summed E-state index contributed by atoms with van der Waals surface area (Å²) in [5.74, 6) is 0. The molecule has 0 aromatic heterocycles. The van der Waals surface area contributed by atoms with Crippen LogP contribution in [0.3, 0.4) is 0 Å². The molecule has 0 saturated carbocycles. The maximum atomic E-state index is 11.9. The van der Waals surface area contributed by atoms with Gasteiger partial charge in [0.15, 0.2) is 5.11 Å². The first-order valence-corrected chi connectivity index (χ1v) is 6.18. The number of nitrogens with one attached hydrogen (secondary N) is 1. The predicted octanol–water partition coefficient (Wildman–Crippen LogP) is 1.33. The standard InChI is InChI=1S/C9H10N2O2S2/c1-6-3-4-8-7(5-6)10-9(14)11(2)15(8,12)13/h3-5H,1-2H3,(H,10,14). The number of sulfonamides is 1. The van der Waals surface area contributed by atoms with Gasteiger partial charge in [-0.2, -0.15) is 0 Å². The lowest BCUT2D eigenvalue weighted by atomic mass is 10.2. The van der Waals surface area contributed by atoms with Crippen LogP contribution in [0.2, 0.25) is 0 Å². The van der Waals surface area contributed by atoms with Crippen molar-refractivity contribution in [3.05, 3.63) is 23.8 Å². The Morgan fingerprint density at radius 2 is 2.07 bits per heavy atom. The Kier molecular flexibility index (Phi) is 2.20. The van der Waals surface area contributed by atoms with E-state index in [-0.39, 0.29) is 10.0 Å². The van der Waals surface area contributed by atoms with Crippen molar-refractivity contribution in [3.8, 4) is 0 Å². The van der Waals surface area contributed by atoms with Gasteiger partial charge >= 0.3 is 0 Å². The van der Waals surface area contributed by atoms with E-state index in [0.29, 0.717) is 5.69 Å². The van der Waals surface area contributed by atoms with Crippen LogP contribution in [0.15, 0.2) is 23.1 Å². The highest BCUT2D eigenvalue weighted by Crippen LogP contribution is 2.29. The monoisotopic (exact) mass is 242 g/mol. The van der Waals surface area contributed by atoms with Crippen LogP contribution in [-0.2, 0) is 10.0 Å². The molecule has 15 heavy (non-hydrogen) atoms. The first kappa shape index (κ1) is 10.4. The molecule has 1 aliphatic rings. The third kappa shape index (κ3) is 1.49. The number of hydrogen-bond acceptors (Lipinski definition) is 3. The zero-order valence-corrected chi connectivity index (χ0v) is 9.95. The molecule has 0 unspecified atom stereocenters. The molecule has 1 aromatic carbocycles. The summed E-state index contributed by atoms with van der Waals surface area (Å²) >= 11 is 4.93. The number of thiocarbonyl (C=S) groups is 1. The van der Waals surface area contributed by atoms with E-state index < -0.39 is 10.0 Å². The van der Waals surface area contributed by atoms with Gasteiger partial charge in [-0.1, -0.05) is 6.07 Å². The van der Waals surface area contributed by atoms with Crippen molar-refractivity contribution in [2.24, 2.45) is 0 Å². The second kappa shape index (κ2) is 3.18. The molecule has 0 atom stereocenters. The molecule has 4 nitrogen and oxygen atoms in total. The van der Waals surface area contributed by atoms with Gasteiger partial charge in [-0.05, 0) is 36.8 Å². The first-order chi connectivity index (χ1) is 6.93. The molecule has 6 heteroatoms. The van der Waals surface area contributed by atoms with Gasteiger partial charge in [0.1, 0.15) is 4.90 Å². The van der Waals surface area contributed by atoms with Crippen LogP contribution >= 0.6 is 12.2 Å². The van der Waals surface area contributed by atoms with Crippen LogP contribution in [0.1, 0.15) is 5.56 Å². The van der Waals surface area contributed by atoms with Gasteiger partial charge < -0.3 is 5.32 Å². The fraction of sp³-hybridized carbons (Fsp3) is 0.222. The zero-order chi connectivity index (χ0) is 11.2. The summed E-state index contributed by atoms with van der Waals surface area (Å²) in [6.07, 6.45) is 0. The summed E-state index contributed by atoms with van der Waals surface area (Å²) in [5.41, 5.74) is 1.54. The number of rotatable bonds is 0. The topological polar surface area (TPSA) is 49.4 Å². The number of hydrogen-bond donors (Lipinski definition) is 1. The Hall–Kier alpha value is -1.14. The Labute approximate surface area is 93.9 Å². The van der Waals surface area contributed by atoms with Crippen molar-refractivity contribution >= 4 is 33.0 Å². The molecule has 0 aliphatic carbocycles. The minimum Gasteiger partial charge on any atom is -0.331 e. The molecule has 1 aromatic rings. The van der Waals surface area contributed by atoms with Crippen LogP contribution in [0.4, 0.5) is 5.69 Å². The van der Waals surface area contributed by atoms with Gasteiger partial charge in [-0.15, -0.1) is 0 Å². The molecule has 0 radical (unpaired) electrons. The lowest BCUT2D eigenvalue weighted by Gasteiger charge is -2.28. The van der Waals surface area contributed by atoms with Crippen molar-refractivity contribution in [3.63, 3.8) is 0 Å². The van der Waals surface area contributed by atoms with E-state index in [1.165, 1.54) is 7.05 Å². The van der Waals surface area contributed by atoms with Crippen LogP contribution < -0.4 is 5.32 Å². The highest BCUT2D eigenvalue weighted by molar-refractivity contribution is 7.92. The SMILES string of the molecule is Cc1ccc2c(c1)NC(=S)N(C)S2(=O)=O. The van der Waals surface area contributed by atoms with E-state index in [9.17, 15) is 8.42 Å². The number of anilines is 1. The minimum atomic E-state index is -3.46. The Morgan fingerprint density at radius 3 is 2.73 bits per heavy atom. The Morgan fingerprint density at radius 1 is 1.40 bits per heavy atom. The van der Waals surface area contributed by atoms with Gasteiger partial charge in [0, 0.05) is 7.05 Å². The van der Waals surface area contributed by atoms with Gasteiger partial charge in [0.2, 0.25) is 0 Å². The summed E-state index contributed by atoms with van der Waals surface area (Å²) in [7, 11) is -2.02. The minimum absolute atomic E-state index is 0.202. The molecule has 0 spiro atoms. The van der Waals surface area contributed by atoms with E-state index >= 15 is 0 Å². The molecule has 0 fully saturated rings. The largest absolute Gasteiger partial charge is 0.331 e. The molecular weight excluding hydrogens is 232 g/mol. The lowest BCUT2D eigenvalue weighted by molar-refractivity contribution is 0.552. The molecule has 0 saturated heterocycles. The van der Waals surface area contributed by atoms with Crippen LogP contribution in [0.5, 0.6) is 0 Å². The van der Waals surface area contributed by atoms with Gasteiger partial charge in [0.25, 0.3) is 10.0 Å². The fourth-order valence-electron chi connectivity index (χ4n) is 1.42. The zero-order valence-electron chi connectivity index (χ0n) is 8.31. The third-order valence-electron chi connectivity index (χ3n) is 2.30. The number of nitrogens with zero attached hydrogens (tertiary/aromatic N) is 1. The van der Waals surface area contributed by atoms with Crippen molar-refractivity contribution in [1.29, 1.82) is 0 Å². The number of fused-ring (bicyclic) bond motifs is 1. The molecule has 0 amide bonds. The molecule has 1 heterocycles. The highest BCUT2D eigenvalue weighted by atomic mass is 32.2. The second-order valence-corrected chi connectivity index (χ2v) is 5.73. The van der Waals surface area contributed by atoms with Crippen molar-refractivity contribution in [2.75, 3.05) is 12.4 Å². The van der Waals surface area contributed by atoms with E-state index in [2.05, 4.69) is 5.32 Å². The van der Waals surface area contributed by atoms with Crippen LogP contribution in [-0.4, -0.2) is 24.9 Å². The van der Waals surface area contributed by atoms with Gasteiger partial charge in [-0.25, -0.2) is 12.7 Å². The molecule has 80 valence electrons. The summed E-state index contributed by atoms with van der Waals surface area (Å²) < 4.78 is 24.9. The molecule has 1 aliphatic heterocycles. The Bertz CT molecular complexity index is 537. The van der Waals surface area contributed by atoms with E-state index in [1.807, 2.05) is 6.92 Å². The number of aryl methyl sites for hydroxylation is 1. The molecule has 2 rings (SSSR count). The summed E-state index contributed by atoms with van der Waals surface area (Å²) in [6.45, 7) is 1.90. The smallest absolute Gasteiger partial charge is 0.267 e. The van der Waals surface area contributed by atoms with Crippen molar-refractivity contribution in [2.45, 2.75) is 11.8 Å². The average Bonchev–Trinajstić information content (AvgIpc) is 2.14. The molecule has 1 N–H and O–H groups in total. The normalized spacial score (nSPS) is 18.3. The summed E-state index contributed by atoms with van der Waals surface area (Å²) in [5, 5.41) is 3.09. The highest BCUT2D eigenvalue weighted by Gasteiger charge is 2.31. The average molecular weight is 242 g/mol. The van der Waals surface area contributed by atoms with Gasteiger partial charge in [0.05, 0.1) is 5.69 Å². The van der Waals surface area contributed by atoms with Crippen molar-refractivity contribution in [1.82, 2.24) is 4.31 Å².